The zero-order chi connectivity index (χ0) is 14.4. The van der Waals surface area contributed by atoms with E-state index in [2.05, 4.69) is 0 Å². The summed E-state index contributed by atoms with van der Waals surface area (Å²) in [4.78, 5) is 22.1. The Bertz CT molecular complexity index is 438. The van der Waals surface area contributed by atoms with Crippen LogP contribution >= 0.6 is 0 Å². The number of hydrogen-bond donors (Lipinski definition) is 0. The fourth-order valence-electron chi connectivity index (χ4n) is 1.73. The van der Waals surface area contributed by atoms with E-state index < -0.39 is 24.1 Å². The van der Waals surface area contributed by atoms with Crippen LogP contribution in [0, 0.1) is 0 Å². The lowest BCUT2D eigenvalue weighted by atomic mass is 10.5. The number of benzene rings is 1. The Kier molecular flexibility index (Phi) is 5.36. The Hall–Kier alpha value is -2.04. The van der Waals surface area contributed by atoms with E-state index in [4.69, 9.17) is 14.2 Å². The highest BCUT2D eigenvalue weighted by atomic mass is 16.6. The molecule has 0 fully saturated rings. The van der Waals surface area contributed by atoms with Gasteiger partial charge in [-0.25, -0.2) is 0 Å². The smallest absolute Gasteiger partial charge is 0.303 e. The maximum atomic E-state index is 11.2. The van der Waals surface area contributed by atoms with Gasteiger partial charge in [-0.15, -0.1) is 0 Å². The summed E-state index contributed by atoms with van der Waals surface area (Å²) in [6.07, 6.45) is -1.19. The average molecular weight is 273 g/mol. The van der Waals surface area contributed by atoms with E-state index in [0.717, 1.165) is 5.56 Å². The number of carbonyl (C=O) groups is 2. The van der Waals surface area contributed by atoms with Crippen LogP contribution in [0.1, 0.15) is 32.4 Å². The number of esters is 2. The Morgan fingerprint density at radius 3 is 1.95 bits per heavy atom. The molecule has 0 aliphatic carbocycles. The fourth-order valence-corrected chi connectivity index (χ4v) is 1.73. The van der Waals surface area contributed by atoms with Gasteiger partial charge in [-0.2, -0.15) is 0 Å². The van der Waals surface area contributed by atoms with Crippen molar-refractivity contribution in [3.63, 3.8) is 0 Å². The lowest BCUT2D eigenvalue weighted by molar-refractivity contribution is -0.164. The predicted molar refractivity (Wildman–Crippen MR) is 68.7 cm³/mol. The number of ether oxygens (including phenoxy) is 3. The second-order valence-electron chi connectivity index (χ2n) is 4.12. The summed E-state index contributed by atoms with van der Waals surface area (Å²) < 4.78 is 15.4. The van der Waals surface area contributed by atoms with Crippen LogP contribution in [0.25, 0.3) is 0 Å². The molecule has 0 amide bonds. The van der Waals surface area contributed by atoms with Crippen LogP contribution < -0.4 is 4.74 Å². The highest BCUT2D eigenvalue weighted by Crippen LogP contribution is 2.25. The molecule has 0 aliphatic heterocycles. The molecule has 0 spiro atoms. The first-order valence-electron chi connectivity index (χ1n) is 5.92. The number of methoxy groups -OCH3 is 1. The van der Waals surface area contributed by atoms with Crippen molar-refractivity contribution in [2.45, 2.75) is 33.0 Å². The number of carbonyl (C=O) groups excluding carboxylic acids is 2. The first-order chi connectivity index (χ1) is 8.93. The normalized spacial score (nSPS) is 13.3. The van der Waals surface area contributed by atoms with E-state index in [0.29, 0.717) is 5.75 Å². The molecule has 0 unspecified atom stereocenters. The van der Waals surface area contributed by atoms with Crippen LogP contribution in [0.15, 0.2) is 24.3 Å². The highest BCUT2D eigenvalue weighted by molar-refractivity contribution is 5.67. The molecule has 104 valence electrons. The lowest BCUT2D eigenvalue weighted by Gasteiger charge is -2.23. The summed E-state index contributed by atoms with van der Waals surface area (Å²) in [5.41, 5.74) is 0.741. The molecule has 0 radical (unpaired) electrons. The monoisotopic (exact) mass is 273 g/mol. The molecule has 5 nitrogen and oxygen atoms in total. The number of hydrogen-bond acceptors (Lipinski definition) is 5. The molecular weight excluding hydrogens is 255 g/mol. The third-order valence-corrected chi connectivity index (χ3v) is 2.52. The molecule has 0 bridgehead atoms. The standard InChI is InChI=1S/C14H18O5/c1-9(18-10(2)15)14(19-11(3)16)12-5-7-13(17-4)8-6-12/h5-9,14H,1-4H3/t9-,14-/m0/s1/i5+1,6+1,7+1,8+1,12+1,13+1,14+1. The molecule has 2 atom stereocenters. The topological polar surface area (TPSA) is 61.8 Å². The van der Waals surface area contributed by atoms with Gasteiger partial charge in [0.2, 0.25) is 0 Å². The van der Waals surface area contributed by atoms with Gasteiger partial charge in [-0.3, -0.25) is 9.59 Å². The van der Waals surface area contributed by atoms with Crippen LogP contribution in [0.3, 0.4) is 0 Å². The van der Waals surface area contributed by atoms with Crippen LogP contribution in [0.2, 0.25) is 0 Å². The van der Waals surface area contributed by atoms with Gasteiger partial charge >= 0.3 is 11.9 Å². The van der Waals surface area contributed by atoms with Crippen molar-refractivity contribution in [2.75, 3.05) is 7.11 Å². The van der Waals surface area contributed by atoms with Gasteiger partial charge in [0, 0.05) is 13.8 Å². The minimum Gasteiger partial charge on any atom is -0.497 e. The SMILES string of the molecule is CO[13c]1[13cH][13cH][13c]([13C@@H](OC(C)=O)[C@H](C)OC(C)=O)[13cH][13cH]1. The summed E-state index contributed by atoms with van der Waals surface area (Å²) in [6, 6.07) is 7.05. The molecule has 0 N–H and O–H groups in total. The second-order valence-corrected chi connectivity index (χ2v) is 4.12. The summed E-state index contributed by atoms with van der Waals surface area (Å²) in [5.74, 6) is -0.150. The fraction of sp³-hybridized carbons (Fsp3) is 0.429. The van der Waals surface area contributed by atoms with Crippen LogP contribution in [-0.2, 0) is 19.1 Å². The maximum Gasteiger partial charge on any atom is 0.303 e. The zero-order valence-electron chi connectivity index (χ0n) is 11.5. The van der Waals surface area contributed by atoms with Crippen molar-refractivity contribution in [3.8, 4) is 5.75 Å². The molecule has 1 aromatic rings. The first-order valence-corrected chi connectivity index (χ1v) is 5.92. The summed E-state index contributed by atoms with van der Waals surface area (Å²) in [7, 11) is 1.57. The zero-order valence-corrected chi connectivity index (χ0v) is 11.5. The third-order valence-electron chi connectivity index (χ3n) is 2.52. The molecule has 0 heterocycles. The number of rotatable bonds is 5. The minimum atomic E-state index is -0.632. The van der Waals surface area contributed by atoms with E-state index >= 15 is 0 Å². The molecule has 19 heavy (non-hydrogen) atoms. The largest absolute Gasteiger partial charge is 0.497 e. The summed E-state index contributed by atoms with van der Waals surface area (Å²) in [5, 5.41) is 0. The van der Waals surface area contributed by atoms with Gasteiger partial charge in [-0.05, 0) is 24.6 Å². The van der Waals surface area contributed by atoms with Crippen molar-refractivity contribution >= 4 is 11.9 Å². The van der Waals surface area contributed by atoms with Crippen LogP contribution in [-0.4, -0.2) is 25.2 Å². The molecular formula is C14H18O5. The molecule has 0 saturated heterocycles. The highest BCUT2D eigenvalue weighted by Gasteiger charge is 2.24. The average Bonchev–Trinajstić information content (AvgIpc) is 2.35. The van der Waals surface area contributed by atoms with Crippen molar-refractivity contribution in [1.29, 1.82) is 0 Å². The van der Waals surface area contributed by atoms with Gasteiger partial charge in [0.15, 0.2) is 6.10 Å². The van der Waals surface area contributed by atoms with Crippen LogP contribution in [0.4, 0.5) is 0 Å². The van der Waals surface area contributed by atoms with Crippen molar-refractivity contribution in [2.24, 2.45) is 0 Å². The Labute approximate surface area is 112 Å². The molecule has 0 aromatic heterocycles. The Balaban J connectivity index is 2.93. The molecule has 5 heteroatoms. The van der Waals surface area contributed by atoms with Crippen molar-refractivity contribution in [3.05, 3.63) is 29.8 Å². The molecule has 1 rings (SSSR count). The van der Waals surface area contributed by atoms with Gasteiger partial charge in [0.05, 0.1) is 7.11 Å². The van der Waals surface area contributed by atoms with Crippen molar-refractivity contribution in [1.82, 2.24) is 0 Å². The van der Waals surface area contributed by atoms with E-state index in [1.807, 2.05) is 0 Å². The van der Waals surface area contributed by atoms with Gasteiger partial charge < -0.3 is 14.2 Å². The second kappa shape index (κ2) is 6.78. The third kappa shape index (κ3) is 4.62. The first kappa shape index (κ1) is 15.0. The Morgan fingerprint density at radius 2 is 1.53 bits per heavy atom. The predicted octanol–water partition coefficient (Wildman–Crippen LogP) is 2.25. The van der Waals surface area contributed by atoms with E-state index in [-0.39, 0.29) is 0 Å². The maximum absolute atomic E-state index is 11.2. The van der Waals surface area contributed by atoms with E-state index in [1.54, 1.807) is 38.3 Å². The minimum absolute atomic E-state index is 0.418. The Morgan fingerprint density at radius 1 is 1.00 bits per heavy atom. The summed E-state index contributed by atoms with van der Waals surface area (Å²) in [6.45, 7) is 4.31. The van der Waals surface area contributed by atoms with E-state index in [1.165, 1.54) is 13.8 Å². The van der Waals surface area contributed by atoms with Gasteiger partial charge in [0.1, 0.15) is 11.9 Å². The van der Waals surface area contributed by atoms with Crippen molar-refractivity contribution < 1.29 is 23.8 Å². The van der Waals surface area contributed by atoms with Gasteiger partial charge in [0.25, 0.3) is 0 Å². The van der Waals surface area contributed by atoms with E-state index in [9.17, 15) is 9.59 Å². The molecule has 1 aromatic carbocycles. The van der Waals surface area contributed by atoms with Gasteiger partial charge in [-0.1, -0.05) is 12.1 Å². The quantitative estimate of drug-likeness (QED) is 0.608. The molecule has 0 saturated carbocycles. The van der Waals surface area contributed by atoms with Crippen LogP contribution in [0.5, 0.6) is 5.75 Å². The lowest BCUT2D eigenvalue weighted by Crippen LogP contribution is -2.25. The molecule has 0 aliphatic rings. The summed E-state index contributed by atoms with van der Waals surface area (Å²) >= 11 is 0.